The van der Waals surface area contributed by atoms with Crippen molar-refractivity contribution in [3.63, 3.8) is 0 Å². The zero-order chi connectivity index (χ0) is 11.7. The number of imidazole rings is 1. The third kappa shape index (κ3) is 1.61. The SMILES string of the molecule is O=Cc1ccccc1-c1nc2ccccc2[nH]1. The molecular weight excluding hydrogens is 212 g/mol. The third-order valence-electron chi connectivity index (χ3n) is 2.73. The number of carbonyl (C=O) groups is 1. The van der Waals surface area contributed by atoms with Gasteiger partial charge in [-0.15, -0.1) is 0 Å². The van der Waals surface area contributed by atoms with Crippen LogP contribution in [0.15, 0.2) is 48.5 Å². The van der Waals surface area contributed by atoms with Crippen LogP contribution in [-0.4, -0.2) is 16.3 Å². The van der Waals surface area contributed by atoms with Gasteiger partial charge in [-0.05, 0) is 12.1 Å². The number of nitrogens with zero attached hydrogens (tertiary/aromatic N) is 1. The molecule has 0 aliphatic carbocycles. The van der Waals surface area contributed by atoms with Crippen LogP contribution in [0.2, 0.25) is 0 Å². The van der Waals surface area contributed by atoms with Crippen LogP contribution in [0.3, 0.4) is 0 Å². The van der Waals surface area contributed by atoms with Crippen molar-refractivity contribution in [1.82, 2.24) is 9.97 Å². The molecule has 0 atom stereocenters. The molecule has 3 aromatic rings. The van der Waals surface area contributed by atoms with E-state index >= 15 is 0 Å². The number of benzene rings is 2. The van der Waals surface area contributed by atoms with Gasteiger partial charge in [0.15, 0.2) is 6.29 Å². The van der Waals surface area contributed by atoms with Gasteiger partial charge in [0.05, 0.1) is 11.0 Å². The number of aromatic amines is 1. The summed E-state index contributed by atoms with van der Waals surface area (Å²) in [7, 11) is 0. The Hall–Kier alpha value is -2.42. The van der Waals surface area contributed by atoms with Crippen LogP contribution in [0.5, 0.6) is 0 Å². The van der Waals surface area contributed by atoms with E-state index in [1.807, 2.05) is 42.5 Å². The molecule has 2 aromatic carbocycles. The molecule has 0 aliphatic rings. The third-order valence-corrected chi connectivity index (χ3v) is 2.73. The van der Waals surface area contributed by atoms with E-state index in [0.717, 1.165) is 28.7 Å². The van der Waals surface area contributed by atoms with Crippen molar-refractivity contribution in [2.45, 2.75) is 0 Å². The number of nitrogens with one attached hydrogen (secondary N) is 1. The predicted molar refractivity (Wildman–Crippen MR) is 66.9 cm³/mol. The van der Waals surface area contributed by atoms with E-state index in [1.165, 1.54) is 0 Å². The van der Waals surface area contributed by atoms with Crippen LogP contribution in [0.4, 0.5) is 0 Å². The summed E-state index contributed by atoms with van der Waals surface area (Å²) < 4.78 is 0. The fraction of sp³-hybridized carbons (Fsp3) is 0. The van der Waals surface area contributed by atoms with Crippen LogP contribution in [-0.2, 0) is 0 Å². The molecule has 17 heavy (non-hydrogen) atoms. The topological polar surface area (TPSA) is 45.8 Å². The molecule has 1 aromatic heterocycles. The maximum atomic E-state index is 11.0. The van der Waals surface area contributed by atoms with Crippen molar-refractivity contribution >= 4 is 17.3 Å². The molecule has 0 aliphatic heterocycles. The zero-order valence-corrected chi connectivity index (χ0v) is 9.05. The fourth-order valence-electron chi connectivity index (χ4n) is 1.90. The summed E-state index contributed by atoms with van der Waals surface area (Å²) in [4.78, 5) is 18.7. The summed E-state index contributed by atoms with van der Waals surface area (Å²) in [5, 5.41) is 0. The monoisotopic (exact) mass is 222 g/mol. The Bertz CT molecular complexity index is 652. The van der Waals surface area contributed by atoms with E-state index in [-0.39, 0.29) is 0 Å². The van der Waals surface area contributed by atoms with Crippen molar-refractivity contribution in [3.05, 3.63) is 54.1 Å². The normalized spacial score (nSPS) is 10.6. The molecular formula is C14H10N2O. The van der Waals surface area contributed by atoms with Crippen molar-refractivity contribution in [2.24, 2.45) is 0 Å². The highest BCUT2D eigenvalue weighted by molar-refractivity contribution is 5.88. The van der Waals surface area contributed by atoms with Crippen LogP contribution >= 0.6 is 0 Å². The van der Waals surface area contributed by atoms with E-state index in [2.05, 4.69) is 9.97 Å². The summed E-state index contributed by atoms with van der Waals surface area (Å²) in [5.74, 6) is 0.730. The minimum absolute atomic E-state index is 0.645. The standard InChI is InChI=1S/C14H10N2O/c17-9-10-5-1-2-6-11(10)14-15-12-7-3-4-8-13(12)16-14/h1-9H,(H,15,16). The lowest BCUT2D eigenvalue weighted by atomic mass is 10.1. The summed E-state index contributed by atoms with van der Waals surface area (Å²) in [5.41, 5.74) is 3.36. The summed E-state index contributed by atoms with van der Waals surface area (Å²) >= 11 is 0. The van der Waals surface area contributed by atoms with Gasteiger partial charge in [0, 0.05) is 11.1 Å². The Labute approximate surface area is 98.1 Å². The molecule has 0 spiro atoms. The molecule has 0 amide bonds. The average molecular weight is 222 g/mol. The Balaban J connectivity index is 2.23. The largest absolute Gasteiger partial charge is 0.338 e. The molecule has 0 unspecified atom stereocenters. The lowest BCUT2D eigenvalue weighted by molar-refractivity contribution is 0.112. The first-order chi connectivity index (χ1) is 8.38. The Kier molecular flexibility index (Phi) is 2.22. The van der Waals surface area contributed by atoms with Crippen LogP contribution < -0.4 is 0 Å². The van der Waals surface area contributed by atoms with E-state index in [1.54, 1.807) is 6.07 Å². The quantitative estimate of drug-likeness (QED) is 0.677. The molecule has 0 radical (unpaired) electrons. The van der Waals surface area contributed by atoms with Gasteiger partial charge in [0.2, 0.25) is 0 Å². The second-order valence-electron chi connectivity index (χ2n) is 3.81. The van der Waals surface area contributed by atoms with Gasteiger partial charge in [0.25, 0.3) is 0 Å². The fourth-order valence-corrected chi connectivity index (χ4v) is 1.90. The number of para-hydroxylation sites is 2. The first-order valence-corrected chi connectivity index (χ1v) is 5.38. The molecule has 3 heteroatoms. The molecule has 1 N–H and O–H groups in total. The maximum absolute atomic E-state index is 11.0. The summed E-state index contributed by atoms with van der Waals surface area (Å²) in [6, 6.07) is 15.2. The van der Waals surface area contributed by atoms with Gasteiger partial charge >= 0.3 is 0 Å². The highest BCUT2D eigenvalue weighted by Gasteiger charge is 2.08. The van der Waals surface area contributed by atoms with Crippen molar-refractivity contribution < 1.29 is 4.79 Å². The van der Waals surface area contributed by atoms with E-state index in [0.29, 0.717) is 5.56 Å². The van der Waals surface area contributed by atoms with Crippen molar-refractivity contribution in [1.29, 1.82) is 0 Å². The molecule has 0 saturated heterocycles. The molecule has 3 nitrogen and oxygen atoms in total. The zero-order valence-electron chi connectivity index (χ0n) is 9.05. The number of aromatic nitrogens is 2. The molecule has 0 bridgehead atoms. The summed E-state index contributed by atoms with van der Waals surface area (Å²) in [6.07, 6.45) is 0.850. The van der Waals surface area contributed by atoms with Gasteiger partial charge in [-0.2, -0.15) is 0 Å². The lowest BCUT2D eigenvalue weighted by Crippen LogP contribution is -1.88. The second-order valence-corrected chi connectivity index (χ2v) is 3.81. The first-order valence-electron chi connectivity index (χ1n) is 5.38. The number of hydrogen-bond donors (Lipinski definition) is 1. The molecule has 0 saturated carbocycles. The van der Waals surface area contributed by atoms with Gasteiger partial charge in [-0.3, -0.25) is 4.79 Å². The minimum atomic E-state index is 0.645. The molecule has 0 fully saturated rings. The Morgan fingerprint density at radius 1 is 1.00 bits per heavy atom. The Morgan fingerprint density at radius 2 is 1.76 bits per heavy atom. The van der Waals surface area contributed by atoms with Crippen molar-refractivity contribution in [3.8, 4) is 11.4 Å². The van der Waals surface area contributed by atoms with Gasteiger partial charge in [-0.25, -0.2) is 4.98 Å². The van der Waals surface area contributed by atoms with Crippen LogP contribution in [0, 0.1) is 0 Å². The van der Waals surface area contributed by atoms with Gasteiger partial charge < -0.3 is 4.98 Å². The molecule has 82 valence electrons. The van der Waals surface area contributed by atoms with Crippen LogP contribution in [0.1, 0.15) is 10.4 Å². The van der Waals surface area contributed by atoms with E-state index in [9.17, 15) is 4.79 Å². The number of carbonyl (C=O) groups excluding carboxylic acids is 1. The average Bonchev–Trinajstić information content (AvgIpc) is 2.82. The Morgan fingerprint density at radius 3 is 2.59 bits per heavy atom. The predicted octanol–water partition coefficient (Wildman–Crippen LogP) is 3.04. The van der Waals surface area contributed by atoms with Gasteiger partial charge in [-0.1, -0.05) is 36.4 Å². The highest BCUT2D eigenvalue weighted by atomic mass is 16.1. The molecule has 1 heterocycles. The van der Waals surface area contributed by atoms with E-state index < -0.39 is 0 Å². The number of hydrogen-bond acceptors (Lipinski definition) is 2. The number of rotatable bonds is 2. The van der Waals surface area contributed by atoms with Crippen molar-refractivity contribution in [2.75, 3.05) is 0 Å². The second kappa shape index (κ2) is 3.87. The van der Waals surface area contributed by atoms with E-state index in [4.69, 9.17) is 0 Å². The minimum Gasteiger partial charge on any atom is -0.338 e. The summed E-state index contributed by atoms with van der Waals surface area (Å²) in [6.45, 7) is 0. The maximum Gasteiger partial charge on any atom is 0.150 e. The highest BCUT2D eigenvalue weighted by Crippen LogP contribution is 2.22. The number of fused-ring (bicyclic) bond motifs is 1. The van der Waals surface area contributed by atoms with Gasteiger partial charge in [0.1, 0.15) is 5.82 Å². The molecule has 3 rings (SSSR count). The lowest BCUT2D eigenvalue weighted by Gasteiger charge is -1.99. The first kappa shape index (κ1) is 9.78. The van der Waals surface area contributed by atoms with Crippen LogP contribution in [0.25, 0.3) is 22.4 Å². The number of H-pyrrole nitrogens is 1. The number of aldehydes is 1. The smallest absolute Gasteiger partial charge is 0.150 e.